The first-order valence-corrected chi connectivity index (χ1v) is 11.2. The SMILES string of the molecule is CS(=O)(=O)N1C[C@H]2CN(C(=O)c3cccc(=O)[nH]3)C[C@H]2[C@@H]1c1ccccc1.O=CO. The maximum atomic E-state index is 12.8. The van der Waals surface area contributed by atoms with Gasteiger partial charge in [-0.25, -0.2) is 8.42 Å². The number of hydrogen-bond acceptors (Lipinski definition) is 5. The monoisotopic (exact) mass is 433 g/mol. The number of sulfonamides is 1. The number of amides is 1. The van der Waals surface area contributed by atoms with Crippen molar-refractivity contribution in [2.75, 3.05) is 25.9 Å². The minimum Gasteiger partial charge on any atom is -0.483 e. The molecule has 2 aromatic rings. The van der Waals surface area contributed by atoms with E-state index in [9.17, 15) is 18.0 Å². The largest absolute Gasteiger partial charge is 0.483 e. The standard InChI is InChI=1S/C19H21N3O4S.CH2O2/c1-27(25,26)22-11-14-10-21(19(24)16-8-5-9-17(23)20-16)12-15(14)18(22)13-6-3-2-4-7-13;2-1-3/h2-9,14-15,18H,10-12H2,1H3,(H,20,23);1H,(H,2,3)/t14-,15-,18+;/m1./s1. The number of aromatic amines is 1. The van der Waals surface area contributed by atoms with E-state index in [1.807, 2.05) is 30.3 Å². The lowest BCUT2D eigenvalue weighted by molar-refractivity contribution is -0.122. The third-order valence-corrected chi connectivity index (χ3v) is 6.70. The topological polar surface area (TPSA) is 128 Å². The lowest BCUT2D eigenvalue weighted by Gasteiger charge is -2.28. The summed E-state index contributed by atoms with van der Waals surface area (Å²) >= 11 is 0. The summed E-state index contributed by atoms with van der Waals surface area (Å²) in [6.07, 6.45) is 1.24. The van der Waals surface area contributed by atoms with Gasteiger partial charge in [0.05, 0.1) is 12.3 Å². The molecular formula is C20H23N3O6S. The van der Waals surface area contributed by atoms with Crippen LogP contribution in [-0.2, 0) is 14.8 Å². The van der Waals surface area contributed by atoms with Crippen LogP contribution in [0.3, 0.4) is 0 Å². The number of pyridine rings is 1. The van der Waals surface area contributed by atoms with Crippen molar-refractivity contribution in [2.24, 2.45) is 11.8 Å². The van der Waals surface area contributed by atoms with E-state index in [0.717, 1.165) is 5.56 Å². The Kier molecular flexibility index (Phi) is 6.37. The summed E-state index contributed by atoms with van der Waals surface area (Å²) in [6, 6.07) is 13.8. The fraction of sp³-hybridized carbons (Fsp3) is 0.350. The molecule has 1 aromatic heterocycles. The van der Waals surface area contributed by atoms with Crippen LogP contribution in [-0.4, -0.2) is 66.0 Å². The van der Waals surface area contributed by atoms with Gasteiger partial charge in [-0.2, -0.15) is 4.31 Å². The minimum atomic E-state index is -3.36. The molecule has 0 aliphatic carbocycles. The fourth-order valence-corrected chi connectivity index (χ4v) is 5.47. The minimum absolute atomic E-state index is 0.0292. The van der Waals surface area contributed by atoms with Crippen molar-refractivity contribution in [1.29, 1.82) is 0 Å². The summed E-state index contributed by atoms with van der Waals surface area (Å²) in [5.41, 5.74) is 0.891. The number of fused-ring (bicyclic) bond motifs is 1. The molecule has 2 aliphatic heterocycles. The predicted octanol–water partition coefficient (Wildman–Crippen LogP) is 0.780. The molecule has 9 nitrogen and oxygen atoms in total. The Morgan fingerprint density at radius 3 is 2.37 bits per heavy atom. The summed E-state index contributed by atoms with van der Waals surface area (Å²) in [7, 11) is -3.36. The molecule has 160 valence electrons. The second-order valence-corrected chi connectivity index (χ2v) is 9.29. The molecule has 0 bridgehead atoms. The zero-order chi connectivity index (χ0) is 21.9. The van der Waals surface area contributed by atoms with Gasteiger partial charge in [0.2, 0.25) is 15.6 Å². The number of carbonyl (C=O) groups is 2. The van der Waals surface area contributed by atoms with Crippen molar-refractivity contribution < 1.29 is 23.1 Å². The van der Waals surface area contributed by atoms with Gasteiger partial charge in [0.25, 0.3) is 12.4 Å². The lowest BCUT2D eigenvalue weighted by Crippen LogP contribution is -2.37. The molecule has 2 N–H and O–H groups in total. The van der Waals surface area contributed by atoms with Gasteiger partial charge in [0.15, 0.2) is 0 Å². The molecule has 0 radical (unpaired) electrons. The molecule has 2 saturated heterocycles. The first-order valence-electron chi connectivity index (χ1n) is 9.34. The highest BCUT2D eigenvalue weighted by molar-refractivity contribution is 7.88. The van der Waals surface area contributed by atoms with E-state index in [1.54, 1.807) is 21.3 Å². The van der Waals surface area contributed by atoms with Gasteiger partial charge in [-0.3, -0.25) is 14.4 Å². The van der Waals surface area contributed by atoms with Crippen LogP contribution < -0.4 is 5.56 Å². The van der Waals surface area contributed by atoms with Gasteiger partial charge in [0, 0.05) is 31.6 Å². The molecular weight excluding hydrogens is 410 g/mol. The van der Waals surface area contributed by atoms with Gasteiger partial charge in [0.1, 0.15) is 5.69 Å². The third kappa shape index (κ3) is 4.44. The molecule has 4 rings (SSSR count). The number of aromatic nitrogens is 1. The highest BCUT2D eigenvalue weighted by atomic mass is 32.2. The summed E-state index contributed by atoms with van der Waals surface area (Å²) in [6.45, 7) is 1.10. The summed E-state index contributed by atoms with van der Waals surface area (Å²) < 4.78 is 26.2. The molecule has 3 atom stereocenters. The van der Waals surface area contributed by atoms with Gasteiger partial charge < -0.3 is 15.0 Å². The predicted molar refractivity (Wildman–Crippen MR) is 109 cm³/mol. The Labute approximate surface area is 174 Å². The number of nitrogens with one attached hydrogen (secondary N) is 1. The summed E-state index contributed by atoms with van der Waals surface area (Å²) in [5, 5.41) is 6.89. The Morgan fingerprint density at radius 2 is 1.77 bits per heavy atom. The van der Waals surface area contributed by atoms with Crippen LogP contribution in [0.4, 0.5) is 0 Å². The molecule has 1 aromatic carbocycles. The summed E-state index contributed by atoms with van der Waals surface area (Å²) in [5.74, 6) is -0.120. The fourth-order valence-electron chi connectivity index (χ4n) is 4.32. The number of nitrogens with zero attached hydrogens (tertiary/aromatic N) is 2. The van der Waals surface area contributed by atoms with Crippen molar-refractivity contribution in [2.45, 2.75) is 6.04 Å². The number of carboxylic acid groups (broad SMARTS) is 1. The Bertz CT molecular complexity index is 1070. The van der Waals surface area contributed by atoms with E-state index in [0.29, 0.717) is 19.6 Å². The van der Waals surface area contributed by atoms with Crippen LogP contribution in [0.2, 0.25) is 0 Å². The number of carbonyl (C=O) groups excluding carboxylic acids is 1. The van der Waals surface area contributed by atoms with E-state index in [1.165, 1.54) is 12.3 Å². The van der Waals surface area contributed by atoms with Crippen molar-refractivity contribution in [3.8, 4) is 0 Å². The maximum Gasteiger partial charge on any atom is 0.290 e. The highest BCUT2D eigenvalue weighted by Gasteiger charge is 2.51. The van der Waals surface area contributed by atoms with Gasteiger partial charge in [-0.05, 0) is 17.5 Å². The molecule has 0 spiro atoms. The quantitative estimate of drug-likeness (QED) is 0.689. The second-order valence-electron chi connectivity index (χ2n) is 7.36. The van der Waals surface area contributed by atoms with Crippen LogP contribution in [0.5, 0.6) is 0 Å². The number of H-pyrrole nitrogens is 1. The second kappa shape index (κ2) is 8.80. The lowest BCUT2D eigenvalue weighted by atomic mass is 9.90. The van der Waals surface area contributed by atoms with Gasteiger partial charge >= 0.3 is 0 Å². The summed E-state index contributed by atoms with van der Waals surface area (Å²) in [4.78, 5) is 36.9. The third-order valence-electron chi connectivity index (χ3n) is 5.47. The molecule has 10 heteroatoms. The van der Waals surface area contributed by atoms with Gasteiger partial charge in [-0.1, -0.05) is 36.4 Å². The highest BCUT2D eigenvalue weighted by Crippen LogP contribution is 2.46. The van der Waals surface area contributed by atoms with Crippen molar-refractivity contribution in [3.63, 3.8) is 0 Å². The van der Waals surface area contributed by atoms with E-state index in [2.05, 4.69) is 4.98 Å². The number of likely N-dealkylation sites (tertiary alicyclic amines) is 1. The maximum absolute atomic E-state index is 12.8. The normalized spacial score (nSPS) is 23.4. The Balaban J connectivity index is 0.000000806. The molecule has 0 unspecified atom stereocenters. The molecule has 30 heavy (non-hydrogen) atoms. The van der Waals surface area contributed by atoms with E-state index >= 15 is 0 Å². The average Bonchev–Trinajstić information content (AvgIpc) is 3.26. The first kappa shape index (κ1) is 21.7. The van der Waals surface area contributed by atoms with E-state index < -0.39 is 10.0 Å². The van der Waals surface area contributed by atoms with Crippen LogP contribution in [0, 0.1) is 11.8 Å². The number of rotatable bonds is 3. The van der Waals surface area contributed by atoms with Crippen LogP contribution in [0.25, 0.3) is 0 Å². The molecule has 1 amide bonds. The van der Waals surface area contributed by atoms with Crippen molar-refractivity contribution >= 4 is 22.4 Å². The van der Waals surface area contributed by atoms with Crippen LogP contribution in [0.1, 0.15) is 22.1 Å². The zero-order valence-electron chi connectivity index (χ0n) is 16.3. The van der Waals surface area contributed by atoms with Gasteiger partial charge in [-0.15, -0.1) is 0 Å². The molecule has 3 heterocycles. The molecule has 0 saturated carbocycles. The zero-order valence-corrected chi connectivity index (χ0v) is 17.2. The molecule has 2 aliphatic rings. The first-order chi connectivity index (χ1) is 14.3. The van der Waals surface area contributed by atoms with Crippen LogP contribution in [0.15, 0.2) is 53.3 Å². The van der Waals surface area contributed by atoms with E-state index in [4.69, 9.17) is 9.90 Å². The number of hydrogen-bond donors (Lipinski definition) is 2. The van der Waals surface area contributed by atoms with E-state index in [-0.39, 0.29) is 41.5 Å². The Hall–Kier alpha value is -2.98. The van der Waals surface area contributed by atoms with Crippen molar-refractivity contribution in [3.05, 3.63) is 70.1 Å². The molecule has 2 fully saturated rings. The van der Waals surface area contributed by atoms with Crippen molar-refractivity contribution in [1.82, 2.24) is 14.2 Å². The average molecular weight is 433 g/mol. The van der Waals surface area contributed by atoms with Crippen LogP contribution >= 0.6 is 0 Å². The number of benzene rings is 1. The smallest absolute Gasteiger partial charge is 0.290 e. The Morgan fingerprint density at radius 1 is 1.10 bits per heavy atom.